The van der Waals surface area contributed by atoms with Crippen molar-refractivity contribution in [2.24, 2.45) is 0 Å². The summed E-state index contributed by atoms with van der Waals surface area (Å²) >= 11 is 0. The van der Waals surface area contributed by atoms with Crippen molar-refractivity contribution in [2.75, 3.05) is 14.2 Å². The molecule has 0 radical (unpaired) electrons. The van der Waals surface area contributed by atoms with Crippen LogP contribution >= 0.6 is 0 Å². The summed E-state index contributed by atoms with van der Waals surface area (Å²) in [5, 5.41) is 9.94. The Labute approximate surface area is 97.2 Å². The molecular formula is C12H12O5. The smallest absolute Gasteiger partial charge is 0.336 e. The van der Waals surface area contributed by atoms with E-state index in [1.54, 1.807) is 12.1 Å². The Bertz CT molecular complexity index is 600. The van der Waals surface area contributed by atoms with Gasteiger partial charge in [-0.2, -0.15) is 0 Å². The molecule has 0 aliphatic heterocycles. The largest absolute Gasteiger partial charge is 0.496 e. The number of fused-ring (bicyclic) bond motifs is 1. The molecule has 1 aromatic heterocycles. The average molecular weight is 236 g/mol. The van der Waals surface area contributed by atoms with Crippen molar-refractivity contribution in [3.63, 3.8) is 0 Å². The van der Waals surface area contributed by atoms with Gasteiger partial charge in [0.25, 0.3) is 0 Å². The standard InChI is InChI=1S/C12H12O5/c1-15-9-5-10(16-2)8(6-13)12-7(9)3-4-11(14)17-12/h3-5,13H,6H2,1-2H3. The molecule has 0 amide bonds. The van der Waals surface area contributed by atoms with Gasteiger partial charge in [0.2, 0.25) is 0 Å². The minimum atomic E-state index is -0.484. The molecule has 0 aliphatic carbocycles. The molecule has 1 aromatic carbocycles. The van der Waals surface area contributed by atoms with Crippen molar-refractivity contribution in [1.29, 1.82) is 0 Å². The lowest BCUT2D eigenvalue weighted by atomic mass is 10.1. The molecule has 90 valence electrons. The summed E-state index contributed by atoms with van der Waals surface area (Å²) in [6.07, 6.45) is 0. The molecule has 2 rings (SSSR count). The van der Waals surface area contributed by atoms with E-state index in [2.05, 4.69) is 0 Å². The fourth-order valence-electron chi connectivity index (χ4n) is 1.73. The zero-order valence-corrected chi connectivity index (χ0v) is 9.52. The predicted molar refractivity (Wildman–Crippen MR) is 61.5 cm³/mol. The Hall–Kier alpha value is -2.01. The molecule has 0 unspecified atom stereocenters. The van der Waals surface area contributed by atoms with E-state index in [4.69, 9.17) is 13.9 Å². The van der Waals surface area contributed by atoms with E-state index in [0.717, 1.165) is 0 Å². The van der Waals surface area contributed by atoms with E-state index in [1.165, 1.54) is 20.3 Å². The first-order valence-electron chi connectivity index (χ1n) is 4.99. The fourth-order valence-corrected chi connectivity index (χ4v) is 1.73. The lowest BCUT2D eigenvalue weighted by molar-refractivity contribution is 0.273. The molecule has 0 bridgehead atoms. The summed E-state index contributed by atoms with van der Waals surface area (Å²) in [6, 6.07) is 4.55. The maximum Gasteiger partial charge on any atom is 0.336 e. The van der Waals surface area contributed by atoms with Crippen LogP contribution in [0.3, 0.4) is 0 Å². The van der Waals surface area contributed by atoms with Crippen LogP contribution in [0.5, 0.6) is 11.5 Å². The van der Waals surface area contributed by atoms with Gasteiger partial charge >= 0.3 is 5.63 Å². The number of hydrogen-bond acceptors (Lipinski definition) is 5. The van der Waals surface area contributed by atoms with Crippen molar-refractivity contribution in [3.8, 4) is 11.5 Å². The number of aliphatic hydroxyl groups excluding tert-OH is 1. The van der Waals surface area contributed by atoms with Crippen LogP contribution < -0.4 is 15.1 Å². The van der Waals surface area contributed by atoms with E-state index in [0.29, 0.717) is 22.4 Å². The summed E-state index contributed by atoms with van der Waals surface area (Å²) in [6.45, 7) is -0.281. The topological polar surface area (TPSA) is 68.9 Å². The van der Waals surface area contributed by atoms with Crippen LogP contribution in [0.15, 0.2) is 27.4 Å². The fraction of sp³-hybridized carbons (Fsp3) is 0.250. The van der Waals surface area contributed by atoms with Crippen molar-refractivity contribution in [3.05, 3.63) is 34.2 Å². The number of aliphatic hydroxyl groups is 1. The quantitative estimate of drug-likeness (QED) is 0.813. The predicted octanol–water partition coefficient (Wildman–Crippen LogP) is 1.30. The number of methoxy groups -OCH3 is 2. The number of ether oxygens (including phenoxy) is 2. The van der Waals surface area contributed by atoms with Crippen molar-refractivity contribution >= 4 is 11.0 Å². The number of hydrogen-bond donors (Lipinski definition) is 1. The monoisotopic (exact) mass is 236 g/mol. The molecule has 0 fully saturated rings. The van der Waals surface area contributed by atoms with Crippen LogP contribution in [0, 0.1) is 0 Å². The summed E-state index contributed by atoms with van der Waals surface area (Å²) in [7, 11) is 2.98. The second-order valence-corrected chi connectivity index (χ2v) is 3.41. The number of benzene rings is 1. The minimum Gasteiger partial charge on any atom is -0.496 e. The Balaban J connectivity index is 2.91. The van der Waals surface area contributed by atoms with Crippen LogP contribution in [0.4, 0.5) is 0 Å². The lowest BCUT2D eigenvalue weighted by Gasteiger charge is -2.11. The van der Waals surface area contributed by atoms with Gasteiger partial charge in [-0.15, -0.1) is 0 Å². The Morgan fingerprint density at radius 2 is 1.94 bits per heavy atom. The zero-order valence-electron chi connectivity index (χ0n) is 9.52. The molecule has 17 heavy (non-hydrogen) atoms. The van der Waals surface area contributed by atoms with Gasteiger partial charge < -0.3 is 19.0 Å². The summed E-state index contributed by atoms with van der Waals surface area (Å²) in [5.41, 5.74) is 0.236. The normalized spacial score (nSPS) is 10.5. The van der Waals surface area contributed by atoms with Crippen molar-refractivity contribution in [2.45, 2.75) is 6.61 Å². The van der Waals surface area contributed by atoms with Gasteiger partial charge in [0, 0.05) is 12.1 Å². The van der Waals surface area contributed by atoms with Crippen LogP contribution in [-0.4, -0.2) is 19.3 Å². The van der Waals surface area contributed by atoms with E-state index in [9.17, 15) is 9.90 Å². The molecule has 5 heteroatoms. The van der Waals surface area contributed by atoms with E-state index >= 15 is 0 Å². The van der Waals surface area contributed by atoms with Crippen LogP contribution in [0.1, 0.15) is 5.56 Å². The second kappa shape index (κ2) is 4.47. The maximum atomic E-state index is 11.2. The van der Waals surface area contributed by atoms with Gasteiger partial charge in [0.1, 0.15) is 11.5 Å². The first-order valence-corrected chi connectivity index (χ1v) is 4.99. The summed E-state index contributed by atoms with van der Waals surface area (Å²) in [4.78, 5) is 11.2. The van der Waals surface area contributed by atoms with Gasteiger partial charge in [0.15, 0.2) is 5.58 Å². The van der Waals surface area contributed by atoms with Crippen LogP contribution in [-0.2, 0) is 6.61 Å². The van der Waals surface area contributed by atoms with Gasteiger partial charge in [-0.25, -0.2) is 4.79 Å². The van der Waals surface area contributed by atoms with Crippen LogP contribution in [0.2, 0.25) is 0 Å². The van der Waals surface area contributed by atoms with Crippen LogP contribution in [0.25, 0.3) is 11.0 Å². The molecule has 5 nitrogen and oxygen atoms in total. The molecule has 0 aliphatic rings. The molecule has 0 saturated carbocycles. The highest BCUT2D eigenvalue weighted by Crippen LogP contribution is 2.34. The Kier molecular flexibility index (Phi) is 3.01. The zero-order chi connectivity index (χ0) is 12.4. The first kappa shape index (κ1) is 11.5. The summed E-state index contributed by atoms with van der Waals surface area (Å²) in [5.74, 6) is 0.948. The maximum absolute atomic E-state index is 11.2. The van der Waals surface area contributed by atoms with Gasteiger partial charge in [-0.3, -0.25) is 0 Å². The van der Waals surface area contributed by atoms with Crippen molar-refractivity contribution in [1.82, 2.24) is 0 Å². The Morgan fingerprint density at radius 1 is 1.24 bits per heavy atom. The number of rotatable bonds is 3. The molecule has 2 aromatic rings. The average Bonchev–Trinajstić information content (AvgIpc) is 2.36. The van der Waals surface area contributed by atoms with E-state index in [-0.39, 0.29) is 12.2 Å². The third-order valence-corrected chi connectivity index (χ3v) is 2.53. The third-order valence-electron chi connectivity index (χ3n) is 2.53. The first-order chi connectivity index (χ1) is 8.21. The minimum absolute atomic E-state index is 0.281. The van der Waals surface area contributed by atoms with Crippen molar-refractivity contribution < 1.29 is 19.0 Å². The molecule has 0 atom stereocenters. The lowest BCUT2D eigenvalue weighted by Crippen LogP contribution is -2.01. The molecule has 0 saturated heterocycles. The second-order valence-electron chi connectivity index (χ2n) is 3.41. The molecule has 1 heterocycles. The Morgan fingerprint density at radius 3 is 2.53 bits per heavy atom. The summed E-state index contributed by atoms with van der Waals surface area (Å²) < 4.78 is 15.4. The van der Waals surface area contributed by atoms with Gasteiger partial charge in [-0.1, -0.05) is 0 Å². The molecule has 0 spiro atoms. The highest BCUT2D eigenvalue weighted by atomic mass is 16.5. The van der Waals surface area contributed by atoms with E-state index < -0.39 is 5.63 Å². The highest BCUT2D eigenvalue weighted by Gasteiger charge is 2.15. The van der Waals surface area contributed by atoms with Gasteiger partial charge in [-0.05, 0) is 6.07 Å². The van der Waals surface area contributed by atoms with Gasteiger partial charge in [0.05, 0.1) is 31.8 Å². The third kappa shape index (κ3) is 1.85. The molecular weight excluding hydrogens is 224 g/mol. The SMILES string of the molecule is COc1cc(OC)c2ccc(=O)oc2c1CO. The highest BCUT2D eigenvalue weighted by molar-refractivity contribution is 5.88. The van der Waals surface area contributed by atoms with E-state index in [1.807, 2.05) is 0 Å². The molecule has 1 N–H and O–H groups in total.